The van der Waals surface area contributed by atoms with Crippen molar-refractivity contribution in [3.8, 4) is 0 Å². The first-order valence-corrected chi connectivity index (χ1v) is 18.7. The van der Waals surface area contributed by atoms with Gasteiger partial charge in [0.05, 0.1) is 6.61 Å². The Bertz CT molecular complexity index is 683. The van der Waals surface area contributed by atoms with Crippen molar-refractivity contribution in [3.63, 3.8) is 0 Å². The van der Waals surface area contributed by atoms with Gasteiger partial charge in [0, 0.05) is 19.3 Å². The predicted octanol–water partition coefficient (Wildman–Crippen LogP) is 11.3. The fourth-order valence-electron chi connectivity index (χ4n) is 5.64. The van der Waals surface area contributed by atoms with E-state index in [1.165, 1.54) is 109 Å². The van der Waals surface area contributed by atoms with Gasteiger partial charge in [-0.05, 0) is 64.2 Å². The van der Waals surface area contributed by atoms with Crippen LogP contribution in [0.25, 0.3) is 0 Å². The minimum Gasteiger partial charge on any atom is -0.393 e. The largest absolute Gasteiger partial charge is 0.393 e. The molecule has 252 valence electrons. The summed E-state index contributed by atoms with van der Waals surface area (Å²) in [5.41, 5.74) is -1.90. The van der Waals surface area contributed by atoms with Gasteiger partial charge in [-0.1, -0.05) is 141 Å². The van der Waals surface area contributed by atoms with Crippen LogP contribution in [-0.2, 0) is 9.59 Å². The molecule has 0 saturated heterocycles. The van der Waals surface area contributed by atoms with Crippen LogP contribution in [-0.4, -0.2) is 34.0 Å². The van der Waals surface area contributed by atoms with Crippen molar-refractivity contribution in [1.82, 2.24) is 0 Å². The maximum Gasteiger partial charge on any atom is 0.167 e. The Morgan fingerprint density at radius 2 is 0.814 bits per heavy atom. The lowest BCUT2D eigenvalue weighted by atomic mass is 9.88. The summed E-state index contributed by atoms with van der Waals surface area (Å²) in [5, 5.41) is 20.4. The Kier molecular flexibility index (Phi) is 31.2. The number of Topliss-reactive ketones (excluding diaryl/α,β-unsaturated/α-hetero) is 2. The topological polar surface area (TPSA) is 74.6 Å². The van der Waals surface area contributed by atoms with E-state index in [0.29, 0.717) is 12.8 Å². The molecular formula is C39H72O4. The van der Waals surface area contributed by atoms with E-state index < -0.39 is 12.2 Å². The first-order chi connectivity index (χ1) is 21.0. The summed E-state index contributed by atoms with van der Waals surface area (Å²) >= 11 is 0. The van der Waals surface area contributed by atoms with Crippen LogP contribution in [0.4, 0.5) is 0 Å². The second-order valence-corrected chi connectivity index (χ2v) is 13.0. The average molecular weight is 605 g/mol. The lowest BCUT2D eigenvalue weighted by Gasteiger charge is -2.23. The zero-order chi connectivity index (χ0) is 31.7. The van der Waals surface area contributed by atoms with E-state index in [2.05, 4.69) is 38.2 Å². The molecule has 1 unspecified atom stereocenters. The zero-order valence-electron chi connectivity index (χ0n) is 28.7. The van der Waals surface area contributed by atoms with E-state index in [1.807, 2.05) is 0 Å². The number of aliphatic hydroxyl groups excluding tert-OH is 1. The lowest BCUT2D eigenvalue weighted by Crippen LogP contribution is -2.44. The first-order valence-electron chi connectivity index (χ1n) is 18.7. The van der Waals surface area contributed by atoms with E-state index in [9.17, 15) is 19.8 Å². The number of carbonyl (C=O) groups is 2. The molecule has 0 aliphatic rings. The van der Waals surface area contributed by atoms with E-state index in [4.69, 9.17) is 0 Å². The van der Waals surface area contributed by atoms with Crippen LogP contribution in [0, 0.1) is 0 Å². The minimum atomic E-state index is -1.90. The Morgan fingerprint density at radius 1 is 0.488 bits per heavy atom. The van der Waals surface area contributed by atoms with Crippen molar-refractivity contribution in [2.45, 2.75) is 206 Å². The summed E-state index contributed by atoms with van der Waals surface area (Å²) in [4.78, 5) is 25.0. The van der Waals surface area contributed by atoms with Crippen molar-refractivity contribution in [2.75, 3.05) is 6.61 Å². The molecule has 0 aromatic carbocycles. The molecule has 4 nitrogen and oxygen atoms in total. The SMILES string of the molecule is CCCCCCCC/C=C\CCCCCCCC(=O)CC(O)(CO)C(=O)CCCCCCC/C=C\CCCCCCCC. The van der Waals surface area contributed by atoms with Gasteiger partial charge in [-0.2, -0.15) is 0 Å². The maximum absolute atomic E-state index is 12.6. The summed E-state index contributed by atoms with van der Waals surface area (Å²) < 4.78 is 0. The molecule has 0 heterocycles. The molecule has 0 spiro atoms. The number of carbonyl (C=O) groups excluding carboxylic acids is 2. The third-order valence-electron chi connectivity index (χ3n) is 8.65. The number of ketones is 2. The summed E-state index contributed by atoms with van der Waals surface area (Å²) in [7, 11) is 0. The maximum atomic E-state index is 12.6. The third-order valence-corrected chi connectivity index (χ3v) is 8.65. The van der Waals surface area contributed by atoms with Crippen molar-refractivity contribution in [2.24, 2.45) is 0 Å². The van der Waals surface area contributed by atoms with Gasteiger partial charge < -0.3 is 10.2 Å². The van der Waals surface area contributed by atoms with Crippen LogP contribution >= 0.6 is 0 Å². The molecule has 0 aromatic rings. The smallest absolute Gasteiger partial charge is 0.167 e. The van der Waals surface area contributed by atoms with Gasteiger partial charge in [-0.25, -0.2) is 0 Å². The molecule has 0 rings (SSSR count). The zero-order valence-corrected chi connectivity index (χ0v) is 28.7. The molecule has 0 amide bonds. The summed E-state index contributed by atoms with van der Waals surface area (Å²) in [5.74, 6) is -0.502. The number of aliphatic hydroxyl groups is 2. The van der Waals surface area contributed by atoms with Crippen LogP contribution in [0.5, 0.6) is 0 Å². The quantitative estimate of drug-likeness (QED) is 0.0566. The van der Waals surface area contributed by atoms with Crippen LogP contribution in [0.1, 0.15) is 200 Å². The van der Waals surface area contributed by atoms with Crippen molar-refractivity contribution in [1.29, 1.82) is 0 Å². The van der Waals surface area contributed by atoms with E-state index in [-0.39, 0.29) is 24.4 Å². The number of hydrogen-bond acceptors (Lipinski definition) is 4. The molecule has 2 N–H and O–H groups in total. The van der Waals surface area contributed by atoms with Gasteiger partial charge in [-0.15, -0.1) is 0 Å². The highest BCUT2D eigenvalue weighted by atomic mass is 16.3. The predicted molar refractivity (Wildman–Crippen MR) is 186 cm³/mol. The number of allylic oxidation sites excluding steroid dienone is 4. The first kappa shape index (κ1) is 41.7. The molecule has 0 aliphatic carbocycles. The molecule has 0 aromatic heterocycles. The lowest BCUT2D eigenvalue weighted by molar-refractivity contribution is -0.147. The molecule has 0 radical (unpaired) electrons. The van der Waals surface area contributed by atoms with Gasteiger partial charge in [0.15, 0.2) is 11.4 Å². The molecule has 0 aliphatic heterocycles. The second-order valence-electron chi connectivity index (χ2n) is 13.0. The molecule has 1 atom stereocenters. The molecular weight excluding hydrogens is 532 g/mol. The summed E-state index contributed by atoms with van der Waals surface area (Å²) in [6, 6.07) is 0. The monoisotopic (exact) mass is 605 g/mol. The normalized spacial score (nSPS) is 13.3. The molecule has 43 heavy (non-hydrogen) atoms. The highest BCUT2D eigenvalue weighted by Crippen LogP contribution is 2.19. The molecule has 0 fully saturated rings. The van der Waals surface area contributed by atoms with Gasteiger partial charge in [0.1, 0.15) is 5.78 Å². The Hall–Kier alpha value is -1.26. The van der Waals surface area contributed by atoms with Crippen molar-refractivity contribution >= 4 is 11.6 Å². The van der Waals surface area contributed by atoms with Crippen molar-refractivity contribution < 1.29 is 19.8 Å². The number of hydrogen-bond donors (Lipinski definition) is 2. The minimum absolute atomic E-state index is 0.118. The summed E-state index contributed by atoms with van der Waals surface area (Å²) in [6.07, 6.45) is 40.8. The van der Waals surface area contributed by atoms with Crippen LogP contribution in [0.2, 0.25) is 0 Å². The van der Waals surface area contributed by atoms with Crippen LogP contribution < -0.4 is 0 Å². The van der Waals surface area contributed by atoms with E-state index in [1.54, 1.807) is 0 Å². The van der Waals surface area contributed by atoms with Crippen LogP contribution in [0.15, 0.2) is 24.3 Å². The van der Waals surface area contributed by atoms with Crippen molar-refractivity contribution in [3.05, 3.63) is 24.3 Å². The Labute approximate surface area is 267 Å². The molecule has 0 saturated carbocycles. The number of rotatable bonds is 34. The van der Waals surface area contributed by atoms with E-state index >= 15 is 0 Å². The fourth-order valence-corrected chi connectivity index (χ4v) is 5.64. The Morgan fingerprint density at radius 3 is 1.19 bits per heavy atom. The second kappa shape index (κ2) is 32.1. The third kappa shape index (κ3) is 28.0. The van der Waals surface area contributed by atoms with Gasteiger partial charge >= 0.3 is 0 Å². The van der Waals surface area contributed by atoms with Gasteiger partial charge in [0.2, 0.25) is 0 Å². The van der Waals surface area contributed by atoms with Crippen LogP contribution in [0.3, 0.4) is 0 Å². The van der Waals surface area contributed by atoms with E-state index in [0.717, 1.165) is 51.4 Å². The standard InChI is InChI=1S/C39H72O4/c1-3-5-7-9-11-13-15-17-19-21-23-25-27-29-31-33-37(41)35-39(43,36-40)38(42)34-32-30-28-26-24-22-20-18-16-14-12-10-8-6-4-2/h17-20,40,43H,3-16,21-36H2,1-2H3/b19-17-,20-18-. The molecule has 0 bridgehead atoms. The number of unbranched alkanes of at least 4 members (excludes halogenated alkanes) is 22. The molecule has 4 heteroatoms. The van der Waals surface area contributed by atoms with Gasteiger partial charge in [0.25, 0.3) is 0 Å². The summed E-state index contributed by atoms with van der Waals surface area (Å²) in [6.45, 7) is 3.84. The highest BCUT2D eigenvalue weighted by Gasteiger charge is 2.36. The average Bonchev–Trinajstić information content (AvgIpc) is 3.00. The highest BCUT2D eigenvalue weighted by molar-refractivity contribution is 5.93. The fraction of sp³-hybridized carbons (Fsp3) is 0.846. The van der Waals surface area contributed by atoms with Gasteiger partial charge in [-0.3, -0.25) is 9.59 Å². The Balaban J connectivity index is 3.75.